The molecule has 6 rings (SSSR count). The number of hydrogen-bond donors (Lipinski definition) is 1. The number of ketones is 1. The van der Waals surface area contributed by atoms with Gasteiger partial charge in [0.2, 0.25) is 35.2 Å². The minimum atomic E-state index is -1.51. The lowest BCUT2D eigenvalue weighted by Gasteiger charge is -2.37. The predicted octanol–water partition coefficient (Wildman–Crippen LogP) is 5.58. The second kappa shape index (κ2) is 29.7. The molecule has 3 aromatic rings. The first-order chi connectivity index (χ1) is 40.3. The van der Waals surface area contributed by atoms with Crippen molar-refractivity contribution in [2.45, 2.75) is 135 Å². The number of amides is 6. The normalized spacial score (nSPS) is 23.5. The van der Waals surface area contributed by atoms with Crippen LogP contribution >= 0.6 is 0 Å². The maximum absolute atomic E-state index is 14.9. The molecule has 2 saturated heterocycles. The van der Waals surface area contributed by atoms with Crippen molar-refractivity contribution in [2.24, 2.45) is 5.41 Å². The summed E-state index contributed by atoms with van der Waals surface area (Å²) in [4.78, 5) is 134. The number of esters is 2. The number of aryl methyl sites for hydroxylation is 1. The summed E-state index contributed by atoms with van der Waals surface area (Å²) in [5.74, 6) is -4.79. The van der Waals surface area contributed by atoms with Crippen LogP contribution in [0.25, 0.3) is 0 Å². The maximum Gasteiger partial charge on any atom is 0.330 e. The summed E-state index contributed by atoms with van der Waals surface area (Å²) in [6.45, 7) is 9.09. The summed E-state index contributed by atoms with van der Waals surface area (Å²) < 4.78 is 41.0. The molecule has 3 aliphatic heterocycles. The third-order valence-corrected chi connectivity index (χ3v) is 15.6. The van der Waals surface area contributed by atoms with E-state index in [0.717, 1.165) is 0 Å². The van der Waals surface area contributed by atoms with Gasteiger partial charge in [-0.3, -0.25) is 33.6 Å². The second-order valence-electron chi connectivity index (χ2n) is 23.2. The van der Waals surface area contributed by atoms with Crippen LogP contribution in [0.3, 0.4) is 0 Å². The third-order valence-electron chi connectivity index (χ3n) is 15.6. The predicted molar refractivity (Wildman–Crippen MR) is 312 cm³/mol. The number of cyclic esters (lactones) is 2. The Kier molecular flexibility index (Phi) is 23.1. The van der Waals surface area contributed by atoms with Crippen molar-refractivity contribution in [1.29, 1.82) is 0 Å². The Balaban J connectivity index is 1.34. The summed E-state index contributed by atoms with van der Waals surface area (Å²) in [5, 5.41) is 2.83. The quantitative estimate of drug-likeness (QED) is 0.203. The Labute approximate surface area is 498 Å². The zero-order valence-corrected chi connectivity index (χ0v) is 51.1. The minimum Gasteiger partial charge on any atom is -0.493 e. The zero-order chi connectivity index (χ0) is 62.3. The summed E-state index contributed by atoms with van der Waals surface area (Å²) in [6, 6.07) is 12.9. The first kappa shape index (κ1) is 66.1. The molecule has 85 heavy (non-hydrogen) atoms. The number of carbonyl (C=O) groups excluding carboxylic acids is 9. The van der Waals surface area contributed by atoms with Crippen molar-refractivity contribution in [1.82, 2.24) is 29.8 Å². The van der Waals surface area contributed by atoms with E-state index in [1.165, 1.54) is 92.8 Å². The van der Waals surface area contributed by atoms with Gasteiger partial charge in [0.1, 0.15) is 48.7 Å². The Bertz CT molecular complexity index is 2920. The molecule has 3 aliphatic rings. The topological polar surface area (TPSA) is 246 Å². The highest BCUT2D eigenvalue weighted by molar-refractivity contribution is 6.38. The van der Waals surface area contributed by atoms with E-state index in [1.807, 2.05) is 0 Å². The van der Waals surface area contributed by atoms with Crippen LogP contribution < -0.4 is 24.3 Å². The molecule has 3 aromatic carbocycles. The minimum absolute atomic E-state index is 0.0879. The van der Waals surface area contributed by atoms with Gasteiger partial charge in [-0.1, -0.05) is 54.6 Å². The average molecular weight is 1180 g/mol. The average Bonchev–Trinajstić information content (AvgIpc) is 3.72. The molecule has 2 fully saturated rings. The lowest BCUT2D eigenvalue weighted by atomic mass is 9.87. The largest absolute Gasteiger partial charge is 0.493 e. The third kappa shape index (κ3) is 16.9. The van der Waals surface area contributed by atoms with Crippen LogP contribution in [0.4, 0.5) is 0 Å². The number of carbonyl (C=O) groups is 9. The highest BCUT2D eigenvalue weighted by Crippen LogP contribution is 2.41. The number of nitrogens with one attached hydrogen (secondary N) is 1. The highest BCUT2D eigenvalue weighted by Gasteiger charge is 2.45. The van der Waals surface area contributed by atoms with E-state index in [1.54, 1.807) is 94.5 Å². The first-order valence-electron chi connectivity index (χ1n) is 28.8. The fourth-order valence-electron chi connectivity index (χ4n) is 10.3. The number of methoxy groups -OCH3 is 3. The Morgan fingerprint density at radius 1 is 0.706 bits per heavy atom. The van der Waals surface area contributed by atoms with Crippen molar-refractivity contribution < 1.29 is 76.3 Å². The van der Waals surface area contributed by atoms with Gasteiger partial charge in [-0.2, -0.15) is 0 Å². The van der Waals surface area contributed by atoms with Gasteiger partial charge in [0.05, 0.1) is 39.0 Å². The fraction of sp³-hybridized carbons (Fsp3) is 0.540. The number of hydrogen-bond acceptors (Lipinski definition) is 16. The van der Waals surface area contributed by atoms with Crippen LogP contribution in [0.15, 0.2) is 78.9 Å². The lowest BCUT2D eigenvalue weighted by molar-refractivity contribution is -0.165. The molecule has 1 N–H and O–H groups in total. The molecule has 6 amide bonds. The van der Waals surface area contributed by atoms with Gasteiger partial charge < -0.3 is 63.0 Å². The van der Waals surface area contributed by atoms with E-state index in [9.17, 15) is 43.2 Å². The molecule has 2 bridgehead atoms. The van der Waals surface area contributed by atoms with Crippen molar-refractivity contribution in [3.63, 3.8) is 0 Å². The molecule has 462 valence electrons. The van der Waals surface area contributed by atoms with Crippen molar-refractivity contribution in [2.75, 3.05) is 81.9 Å². The molecule has 0 spiro atoms. The molecule has 0 radical (unpaired) electrons. The van der Waals surface area contributed by atoms with Crippen molar-refractivity contribution >= 4 is 53.2 Å². The first-order valence-corrected chi connectivity index (χ1v) is 28.8. The summed E-state index contributed by atoms with van der Waals surface area (Å²) in [6.07, 6.45) is 4.48. The molecule has 0 aliphatic carbocycles. The smallest absolute Gasteiger partial charge is 0.330 e. The molecule has 3 heterocycles. The SMILES string of the molecule is COc1ccc(CC[C@H]2OC(=O)[C@@H]3CCCCN3C(=O)C(=O)C(C)(C)COC(=O)C=CCCN(C)C(=O)[C@@H]3CCCN3C(=O)[C@H](COC(C)(C)C)N(C)C(=O)C(c3ccccc3)NC(=O)[C@H](C)N(C)C(=O)COc3cccc2c3)c(OC)c1OC. The number of nitrogens with zero attached hydrogens (tertiary/aromatic N) is 5. The van der Waals surface area contributed by atoms with E-state index in [2.05, 4.69) is 5.32 Å². The van der Waals surface area contributed by atoms with Gasteiger partial charge in [-0.05, 0) is 128 Å². The van der Waals surface area contributed by atoms with Crippen LogP contribution in [0.1, 0.15) is 115 Å². The maximum atomic E-state index is 14.9. The Hall–Kier alpha value is -8.01. The molecule has 0 saturated carbocycles. The van der Waals surface area contributed by atoms with Gasteiger partial charge in [-0.25, -0.2) is 9.59 Å². The Morgan fingerprint density at radius 2 is 1.39 bits per heavy atom. The van der Waals surface area contributed by atoms with Crippen molar-refractivity contribution in [3.8, 4) is 23.0 Å². The molecule has 22 heteroatoms. The summed E-state index contributed by atoms with van der Waals surface area (Å²) in [5.41, 5.74) is -0.691. The molecular formula is C63H84N6O16. The van der Waals surface area contributed by atoms with E-state index >= 15 is 0 Å². The van der Waals surface area contributed by atoms with Gasteiger partial charge in [-0.15, -0.1) is 0 Å². The number of likely N-dealkylation sites (N-methyl/N-ethyl adjacent to an activating group) is 3. The van der Waals surface area contributed by atoms with Gasteiger partial charge in [0.25, 0.3) is 11.8 Å². The zero-order valence-electron chi connectivity index (χ0n) is 51.1. The summed E-state index contributed by atoms with van der Waals surface area (Å²) in [7, 11) is 8.93. The van der Waals surface area contributed by atoms with Crippen LogP contribution in [-0.4, -0.2) is 189 Å². The van der Waals surface area contributed by atoms with E-state index in [4.69, 9.17) is 33.2 Å². The number of Topliss-reactive ketones (excluding diaryl/α,β-unsaturated/α-hetero) is 1. The fourth-order valence-corrected chi connectivity index (χ4v) is 10.3. The second-order valence-corrected chi connectivity index (χ2v) is 23.2. The number of benzene rings is 3. The van der Waals surface area contributed by atoms with Crippen LogP contribution in [0.5, 0.6) is 23.0 Å². The Morgan fingerprint density at radius 3 is 2.07 bits per heavy atom. The van der Waals surface area contributed by atoms with Gasteiger partial charge >= 0.3 is 11.9 Å². The van der Waals surface area contributed by atoms with Crippen LogP contribution in [0.2, 0.25) is 0 Å². The highest BCUT2D eigenvalue weighted by atomic mass is 16.6. The van der Waals surface area contributed by atoms with Gasteiger partial charge in [0.15, 0.2) is 18.1 Å². The van der Waals surface area contributed by atoms with E-state index < -0.39 is 108 Å². The van der Waals surface area contributed by atoms with Gasteiger partial charge in [0, 0.05) is 46.9 Å². The number of ether oxygens (including phenoxy) is 7. The molecule has 6 atom stereocenters. The standard InChI is InChI=1S/C63H84N6O16/c1-40-56(73)64-52(41-22-14-13-15-23-41)59(76)67(9)47(37-84-62(2,3)4)58(75)68-35-21-27-45(68)57(74)65(7)33-18-17-28-51(71)83-39-63(5,6)55(72)60(77)69-34-19-16-26-46(69)61(78)85-48(43-24-20-25-44(36-43)82-38-50(70)66(40)8)31-29-42-30-32-49(79-10)54(81-12)53(42)80-11/h13-15,17,20,22-25,28,30,32,36,40,45-48,52H,16,18-19,21,26-27,29,31,33-35,37-39H2,1-12H3,(H,64,73)/t40-,45-,46-,47-,48+,52?/m0/s1. The summed E-state index contributed by atoms with van der Waals surface area (Å²) >= 11 is 0. The number of rotatable bonds is 9. The van der Waals surface area contributed by atoms with Crippen LogP contribution in [0, 0.1) is 5.41 Å². The molecule has 1 unspecified atom stereocenters. The molecular weight excluding hydrogens is 1100 g/mol. The molecule has 0 aromatic heterocycles. The van der Waals surface area contributed by atoms with Crippen molar-refractivity contribution in [3.05, 3.63) is 95.6 Å². The van der Waals surface area contributed by atoms with E-state index in [0.29, 0.717) is 59.6 Å². The monoisotopic (exact) mass is 1180 g/mol. The molecule has 22 nitrogen and oxygen atoms in total. The van der Waals surface area contributed by atoms with E-state index in [-0.39, 0.29) is 63.6 Å². The number of piperidine rings is 1. The number of fused-ring (bicyclic) bond motifs is 4. The lowest BCUT2D eigenvalue weighted by Crippen LogP contribution is -2.58. The van der Waals surface area contributed by atoms with Crippen LogP contribution in [-0.2, 0) is 63.8 Å².